The molecule has 1 aliphatic carbocycles. The van der Waals surface area contributed by atoms with Crippen molar-refractivity contribution < 1.29 is 14.3 Å². The number of amides is 2. The molecule has 5 aromatic rings. The van der Waals surface area contributed by atoms with E-state index in [1.54, 1.807) is 6.33 Å². The van der Waals surface area contributed by atoms with Crippen LogP contribution in [0.4, 0.5) is 11.5 Å². The van der Waals surface area contributed by atoms with E-state index in [1.165, 1.54) is 36.1 Å². The van der Waals surface area contributed by atoms with Crippen molar-refractivity contribution in [3.63, 3.8) is 0 Å². The molecule has 12 heteroatoms. The Morgan fingerprint density at radius 2 is 1.61 bits per heavy atom. The van der Waals surface area contributed by atoms with Crippen molar-refractivity contribution in [2.24, 2.45) is 5.92 Å². The van der Waals surface area contributed by atoms with Crippen molar-refractivity contribution in [2.75, 3.05) is 30.3 Å². The van der Waals surface area contributed by atoms with Crippen LogP contribution < -0.4 is 20.7 Å². The van der Waals surface area contributed by atoms with Crippen molar-refractivity contribution in [3.8, 4) is 22.8 Å². The van der Waals surface area contributed by atoms with Crippen molar-refractivity contribution in [2.45, 2.75) is 82.2 Å². The summed E-state index contributed by atoms with van der Waals surface area (Å²) in [6.45, 7) is 4.87. The average Bonchev–Trinajstić information content (AvgIpc) is 3.98. The highest BCUT2D eigenvalue weighted by molar-refractivity contribution is 6.00. The monoisotopic (exact) mass is 723 g/mol. The third-order valence-electron chi connectivity index (χ3n) is 12.6. The van der Waals surface area contributed by atoms with Crippen LogP contribution in [-0.4, -0.2) is 79.1 Å². The minimum absolute atomic E-state index is 0.152. The number of nitrogens with two attached hydrogens (primary N) is 1. The first-order valence-electron chi connectivity index (χ1n) is 19.5. The van der Waals surface area contributed by atoms with Crippen LogP contribution in [-0.2, 0) is 22.7 Å². The third-order valence-corrected chi connectivity index (χ3v) is 12.6. The molecule has 4 fully saturated rings. The Morgan fingerprint density at radius 1 is 0.815 bits per heavy atom. The molecular weight excluding hydrogens is 679 g/mol. The molecule has 3 aromatic carbocycles. The van der Waals surface area contributed by atoms with E-state index in [1.807, 2.05) is 54.6 Å². The fourth-order valence-corrected chi connectivity index (χ4v) is 9.79. The number of aromatic nitrogens is 4. The number of piperazine rings is 1. The Balaban J connectivity index is 0.763. The molecule has 10 rings (SSSR count). The molecule has 6 heterocycles. The predicted molar refractivity (Wildman–Crippen MR) is 206 cm³/mol. The molecule has 2 bridgehead atoms. The number of ether oxygens (including phenoxy) is 1. The molecular formula is C42H45N9O3. The number of hydrogen-bond donors (Lipinski definition) is 2. The van der Waals surface area contributed by atoms with Gasteiger partial charge in [0.1, 0.15) is 29.3 Å². The molecule has 276 valence electrons. The molecule has 2 amide bonds. The molecule has 1 unspecified atom stereocenters. The number of nitrogens with zero attached hydrogens (tertiary/aromatic N) is 7. The van der Waals surface area contributed by atoms with Gasteiger partial charge in [0.2, 0.25) is 11.8 Å². The first-order valence-corrected chi connectivity index (χ1v) is 19.5. The van der Waals surface area contributed by atoms with Gasteiger partial charge in [-0.25, -0.2) is 14.6 Å². The number of rotatable bonds is 8. The fourth-order valence-electron chi connectivity index (χ4n) is 9.79. The zero-order valence-electron chi connectivity index (χ0n) is 30.3. The summed E-state index contributed by atoms with van der Waals surface area (Å²) in [5.41, 5.74) is 12.9. The molecule has 54 heavy (non-hydrogen) atoms. The lowest BCUT2D eigenvalue weighted by molar-refractivity contribution is -0.137. The molecule has 2 aromatic heterocycles. The summed E-state index contributed by atoms with van der Waals surface area (Å²) in [4.78, 5) is 40.8. The number of para-hydroxylation sites is 1. The number of carbonyl (C=O) groups excluding carboxylic acids is 2. The maximum absolute atomic E-state index is 12.5. The smallest absolute Gasteiger partial charge is 0.243 e. The summed E-state index contributed by atoms with van der Waals surface area (Å²) < 4.78 is 8.14. The van der Waals surface area contributed by atoms with Gasteiger partial charge >= 0.3 is 0 Å². The number of nitrogen functional groups attached to an aromatic ring is 1. The Labute approximate surface area is 314 Å². The van der Waals surface area contributed by atoms with E-state index in [9.17, 15) is 9.59 Å². The van der Waals surface area contributed by atoms with Crippen LogP contribution in [0, 0.1) is 5.92 Å². The van der Waals surface area contributed by atoms with Crippen LogP contribution in [0.15, 0.2) is 79.1 Å². The molecule has 3 atom stereocenters. The number of nitrogens with one attached hydrogen (secondary N) is 1. The number of hydrogen-bond acceptors (Lipinski definition) is 10. The number of fused-ring (bicyclic) bond motifs is 4. The fraction of sp³-hybridized carbons (Fsp3) is 0.405. The van der Waals surface area contributed by atoms with Crippen molar-refractivity contribution in [3.05, 3.63) is 90.3 Å². The van der Waals surface area contributed by atoms with E-state index >= 15 is 0 Å². The summed E-state index contributed by atoms with van der Waals surface area (Å²) in [7, 11) is 0. The van der Waals surface area contributed by atoms with Gasteiger partial charge in [-0.2, -0.15) is 5.10 Å². The normalized spacial score (nSPS) is 25.7. The van der Waals surface area contributed by atoms with E-state index in [0.29, 0.717) is 36.7 Å². The van der Waals surface area contributed by atoms with E-state index in [2.05, 4.69) is 52.9 Å². The number of anilines is 2. The van der Waals surface area contributed by atoms with Gasteiger partial charge in [-0.15, -0.1) is 0 Å². The largest absolute Gasteiger partial charge is 0.457 e. The minimum atomic E-state index is -0.223. The third kappa shape index (κ3) is 6.07. The summed E-state index contributed by atoms with van der Waals surface area (Å²) >= 11 is 0. The highest BCUT2D eigenvalue weighted by Gasteiger charge is 2.44. The van der Waals surface area contributed by atoms with E-state index < -0.39 is 0 Å². The maximum Gasteiger partial charge on any atom is 0.243 e. The second-order valence-electron chi connectivity index (χ2n) is 15.8. The number of likely N-dealkylation sites (tertiary alicyclic amines) is 1. The quantitative estimate of drug-likeness (QED) is 0.193. The molecule has 3 saturated heterocycles. The molecule has 5 aliphatic rings. The Morgan fingerprint density at radius 3 is 2.39 bits per heavy atom. The average molecular weight is 724 g/mol. The predicted octanol–water partition coefficient (Wildman–Crippen LogP) is 5.68. The van der Waals surface area contributed by atoms with Crippen LogP contribution in [0.1, 0.15) is 62.1 Å². The summed E-state index contributed by atoms with van der Waals surface area (Å²) in [6, 6.07) is 25.8. The first-order chi connectivity index (χ1) is 26.4. The lowest BCUT2D eigenvalue weighted by atomic mass is 9.85. The van der Waals surface area contributed by atoms with Gasteiger partial charge in [-0.05, 0) is 104 Å². The summed E-state index contributed by atoms with van der Waals surface area (Å²) in [6.07, 6.45) is 8.25. The number of carbonyl (C=O) groups is 2. The number of benzene rings is 3. The molecule has 0 spiro atoms. The van der Waals surface area contributed by atoms with Crippen molar-refractivity contribution in [1.29, 1.82) is 0 Å². The van der Waals surface area contributed by atoms with Gasteiger partial charge < -0.3 is 15.4 Å². The van der Waals surface area contributed by atoms with Gasteiger partial charge in [0.25, 0.3) is 0 Å². The van der Waals surface area contributed by atoms with Crippen LogP contribution >= 0.6 is 0 Å². The SMILES string of the molecule is Nc1ncnc2c1c(-c1ccc(Oc3ccccc3)cc1)nn2C1CCC(CN2C[C@H]3C[C@@H]2CN3c2ccc3c(c2)CN(C2CCC(=O)NC2=O)C3)CC1. The second-order valence-corrected chi connectivity index (χ2v) is 15.8. The summed E-state index contributed by atoms with van der Waals surface area (Å²) in [5.74, 6) is 2.37. The zero-order valence-corrected chi connectivity index (χ0v) is 30.3. The van der Waals surface area contributed by atoms with E-state index in [0.717, 1.165) is 79.4 Å². The first kappa shape index (κ1) is 33.3. The molecule has 0 radical (unpaired) electrons. The van der Waals surface area contributed by atoms with Gasteiger partial charge in [0.15, 0.2) is 5.65 Å². The van der Waals surface area contributed by atoms with Gasteiger partial charge in [0, 0.05) is 62.5 Å². The molecule has 1 saturated carbocycles. The highest BCUT2D eigenvalue weighted by atomic mass is 16.5. The molecule has 4 aliphatic heterocycles. The minimum Gasteiger partial charge on any atom is -0.457 e. The highest BCUT2D eigenvalue weighted by Crippen LogP contribution is 2.41. The van der Waals surface area contributed by atoms with Crippen LogP contribution in [0.5, 0.6) is 11.5 Å². The second kappa shape index (κ2) is 13.5. The van der Waals surface area contributed by atoms with Gasteiger partial charge in [0.05, 0.1) is 17.5 Å². The topological polar surface area (TPSA) is 135 Å². The maximum atomic E-state index is 12.5. The molecule has 12 nitrogen and oxygen atoms in total. The van der Waals surface area contributed by atoms with Crippen LogP contribution in [0.3, 0.4) is 0 Å². The number of piperidine rings is 1. The zero-order chi connectivity index (χ0) is 36.3. The van der Waals surface area contributed by atoms with Crippen LogP contribution in [0.2, 0.25) is 0 Å². The van der Waals surface area contributed by atoms with E-state index in [-0.39, 0.29) is 23.9 Å². The summed E-state index contributed by atoms with van der Waals surface area (Å²) in [5, 5.41) is 8.49. The Hall–Kier alpha value is -5.33. The Kier molecular flexibility index (Phi) is 8.32. The van der Waals surface area contributed by atoms with E-state index in [4.69, 9.17) is 15.6 Å². The Bertz CT molecular complexity index is 2220. The molecule has 3 N–H and O–H groups in total. The van der Waals surface area contributed by atoms with Crippen molar-refractivity contribution >= 4 is 34.4 Å². The lowest BCUT2D eigenvalue weighted by Gasteiger charge is -2.38. The van der Waals surface area contributed by atoms with Gasteiger partial charge in [-0.3, -0.25) is 24.7 Å². The number of imide groups is 1. The standard InChI is InChI=1S/C42H45N9O3/c43-40-38-39(27-9-14-35(15-10-27)54-34-4-2-1-3-5-34)47-51(41(38)45-25-44-40)30-11-6-26(7-12-30)20-48-23-33-19-32(48)24-50(33)31-13-8-28-21-49(22-29(28)18-31)36-16-17-37(52)46-42(36)53/h1-5,8-10,13-15,18,25-26,30,32-33,36H,6-7,11-12,16-17,19-24H2,(H2,43,44,45)(H,46,52,53)/t26?,30?,32-,33-,36?/m1/s1. The van der Waals surface area contributed by atoms with Gasteiger partial charge in [-0.1, -0.05) is 24.3 Å². The lowest BCUT2D eigenvalue weighted by Crippen LogP contribution is -2.50. The van der Waals surface area contributed by atoms with Crippen LogP contribution in [0.25, 0.3) is 22.3 Å². The van der Waals surface area contributed by atoms with Crippen molar-refractivity contribution in [1.82, 2.24) is 34.9 Å².